The van der Waals surface area contributed by atoms with E-state index in [1.165, 1.54) is 6.92 Å². The number of rotatable bonds is 6. The Balaban J connectivity index is 1.78. The molecule has 2 aromatic heterocycles. The average molecular weight is 409 g/mol. The molecule has 1 atom stereocenters. The predicted octanol–water partition coefficient (Wildman–Crippen LogP) is 1.14. The second-order valence-electron chi connectivity index (χ2n) is 5.93. The van der Waals surface area contributed by atoms with Crippen molar-refractivity contribution in [2.75, 3.05) is 0 Å². The third kappa shape index (κ3) is 4.56. The van der Waals surface area contributed by atoms with Crippen molar-refractivity contribution in [1.82, 2.24) is 35.3 Å². The fraction of sp³-hybridized carbons (Fsp3) is 0.250. The van der Waals surface area contributed by atoms with E-state index in [4.69, 9.17) is 0 Å². The summed E-state index contributed by atoms with van der Waals surface area (Å²) in [6.07, 6.45) is -4.70. The molecule has 3 N–H and O–H groups in total. The van der Waals surface area contributed by atoms with E-state index in [0.717, 1.165) is 4.68 Å². The molecule has 29 heavy (non-hydrogen) atoms. The number of carboxylic acid groups (broad SMARTS) is 1. The highest BCUT2D eigenvalue weighted by Gasteiger charge is 2.36. The number of benzene rings is 1. The van der Waals surface area contributed by atoms with E-state index in [9.17, 15) is 27.9 Å². The molecule has 13 heteroatoms. The van der Waals surface area contributed by atoms with Crippen LogP contribution in [0.1, 0.15) is 27.8 Å². The van der Waals surface area contributed by atoms with E-state index in [1.807, 2.05) is 0 Å². The van der Waals surface area contributed by atoms with Gasteiger partial charge in [-0.25, -0.2) is 9.78 Å². The van der Waals surface area contributed by atoms with E-state index >= 15 is 0 Å². The zero-order valence-electron chi connectivity index (χ0n) is 14.8. The van der Waals surface area contributed by atoms with Crippen LogP contribution in [0, 0.1) is 6.92 Å². The summed E-state index contributed by atoms with van der Waals surface area (Å²) in [6.45, 7) is 1.38. The molecule has 0 aliphatic carbocycles. The largest absolute Gasteiger partial charge is 0.480 e. The molecule has 0 aliphatic rings. The summed E-state index contributed by atoms with van der Waals surface area (Å²) in [5.41, 5.74) is 0.690. The van der Waals surface area contributed by atoms with E-state index in [2.05, 4.69) is 25.5 Å². The van der Waals surface area contributed by atoms with E-state index < -0.39 is 41.7 Å². The summed E-state index contributed by atoms with van der Waals surface area (Å²) in [7, 11) is 0. The summed E-state index contributed by atoms with van der Waals surface area (Å²) in [6, 6.07) is 7.40. The standard InChI is InChI=1S/C16H14F3N7O3/c1-8-20-11(25-26(8)15-22-14(23-24-15)16(17,18)19)12(27)21-10(13(28)29)7-9-5-3-2-4-6-9/h2-6,10H,7H2,1H3,(H,21,27)(H,28,29)(H,22,23,24)/t10-/m1/s1. The first-order chi connectivity index (χ1) is 13.6. The molecule has 10 nitrogen and oxygen atoms in total. The molecular weight excluding hydrogens is 395 g/mol. The van der Waals surface area contributed by atoms with Crippen molar-refractivity contribution in [2.45, 2.75) is 25.6 Å². The number of aliphatic carboxylic acids is 1. The third-order valence-corrected chi connectivity index (χ3v) is 3.79. The molecule has 2 heterocycles. The maximum absolute atomic E-state index is 12.7. The fourth-order valence-electron chi connectivity index (χ4n) is 2.42. The highest BCUT2D eigenvalue weighted by Crippen LogP contribution is 2.26. The summed E-state index contributed by atoms with van der Waals surface area (Å²) >= 11 is 0. The van der Waals surface area contributed by atoms with Gasteiger partial charge in [0.15, 0.2) is 0 Å². The first-order valence-electron chi connectivity index (χ1n) is 8.16. The number of hydrogen-bond donors (Lipinski definition) is 3. The number of nitrogens with one attached hydrogen (secondary N) is 2. The molecule has 0 saturated carbocycles. The molecular formula is C16H14F3N7O3. The van der Waals surface area contributed by atoms with E-state index in [1.54, 1.807) is 35.4 Å². The van der Waals surface area contributed by atoms with Crippen molar-refractivity contribution in [3.8, 4) is 5.95 Å². The van der Waals surface area contributed by atoms with Gasteiger partial charge in [-0.3, -0.25) is 9.89 Å². The Morgan fingerprint density at radius 1 is 1.24 bits per heavy atom. The molecule has 0 saturated heterocycles. The topological polar surface area (TPSA) is 139 Å². The number of carbonyl (C=O) groups is 2. The van der Waals surface area contributed by atoms with Crippen LogP contribution >= 0.6 is 0 Å². The minimum Gasteiger partial charge on any atom is -0.480 e. The molecule has 0 spiro atoms. The zero-order chi connectivity index (χ0) is 21.2. The molecule has 3 aromatic rings. The lowest BCUT2D eigenvalue weighted by atomic mass is 10.1. The number of H-pyrrole nitrogens is 1. The van der Waals surface area contributed by atoms with Crippen molar-refractivity contribution in [2.24, 2.45) is 0 Å². The highest BCUT2D eigenvalue weighted by molar-refractivity contribution is 5.93. The van der Waals surface area contributed by atoms with Crippen LogP contribution in [0.2, 0.25) is 0 Å². The Labute approximate surface area is 160 Å². The first kappa shape index (κ1) is 20.0. The van der Waals surface area contributed by atoms with Gasteiger partial charge in [0.2, 0.25) is 11.6 Å². The van der Waals surface area contributed by atoms with Gasteiger partial charge in [-0.15, -0.1) is 10.2 Å². The van der Waals surface area contributed by atoms with E-state index in [-0.39, 0.29) is 12.2 Å². The molecule has 0 aliphatic heterocycles. The minimum absolute atomic E-state index is 0.0253. The van der Waals surface area contributed by atoms with Gasteiger partial charge in [0.05, 0.1) is 0 Å². The predicted molar refractivity (Wildman–Crippen MR) is 90.1 cm³/mol. The van der Waals surface area contributed by atoms with Crippen LogP contribution in [0.3, 0.4) is 0 Å². The van der Waals surface area contributed by atoms with Crippen LogP contribution in [0.15, 0.2) is 30.3 Å². The van der Waals surface area contributed by atoms with Crippen LogP contribution in [-0.2, 0) is 17.4 Å². The Morgan fingerprint density at radius 3 is 2.52 bits per heavy atom. The Hall–Kier alpha value is -3.77. The number of halogens is 3. The quantitative estimate of drug-likeness (QED) is 0.555. The van der Waals surface area contributed by atoms with E-state index in [0.29, 0.717) is 5.56 Å². The van der Waals surface area contributed by atoms with Crippen LogP contribution in [0.4, 0.5) is 13.2 Å². The van der Waals surface area contributed by atoms with Crippen LogP contribution in [0.5, 0.6) is 0 Å². The lowest BCUT2D eigenvalue weighted by Crippen LogP contribution is -2.42. The highest BCUT2D eigenvalue weighted by atomic mass is 19.4. The molecule has 1 aromatic carbocycles. The molecule has 0 fully saturated rings. The molecule has 0 unspecified atom stereocenters. The number of nitrogens with zero attached hydrogens (tertiary/aromatic N) is 5. The summed E-state index contributed by atoms with van der Waals surface area (Å²) in [5.74, 6) is -4.34. The second-order valence-corrected chi connectivity index (χ2v) is 5.93. The number of carbonyl (C=O) groups excluding carboxylic acids is 1. The van der Waals surface area contributed by atoms with Gasteiger partial charge in [0.25, 0.3) is 11.9 Å². The summed E-state index contributed by atoms with van der Waals surface area (Å²) in [5, 5.41) is 20.6. The smallest absolute Gasteiger partial charge is 0.451 e. The Bertz CT molecular complexity index is 1030. The second kappa shape index (κ2) is 7.69. The zero-order valence-corrected chi connectivity index (χ0v) is 14.8. The lowest BCUT2D eigenvalue weighted by molar-refractivity contribution is -0.144. The van der Waals surface area contributed by atoms with Crippen LogP contribution in [0.25, 0.3) is 5.95 Å². The van der Waals surface area contributed by atoms with Crippen molar-refractivity contribution >= 4 is 11.9 Å². The van der Waals surface area contributed by atoms with Gasteiger partial charge in [-0.1, -0.05) is 30.3 Å². The van der Waals surface area contributed by atoms with Crippen LogP contribution < -0.4 is 5.32 Å². The van der Waals surface area contributed by atoms with Crippen LogP contribution in [-0.4, -0.2) is 53.0 Å². The van der Waals surface area contributed by atoms with Gasteiger partial charge in [-0.2, -0.15) is 22.8 Å². The lowest BCUT2D eigenvalue weighted by Gasteiger charge is -2.13. The number of carboxylic acids is 1. The number of aryl methyl sites for hydroxylation is 1. The first-order valence-corrected chi connectivity index (χ1v) is 8.16. The number of alkyl halides is 3. The van der Waals surface area contributed by atoms with Crippen molar-refractivity contribution in [3.63, 3.8) is 0 Å². The molecule has 3 rings (SSSR count). The fourth-order valence-corrected chi connectivity index (χ4v) is 2.42. The normalized spacial score (nSPS) is 12.6. The maximum Gasteiger partial charge on any atom is 0.451 e. The van der Waals surface area contributed by atoms with Gasteiger partial charge in [0.1, 0.15) is 11.9 Å². The number of aromatic amines is 1. The minimum atomic E-state index is -4.73. The molecule has 0 bridgehead atoms. The Morgan fingerprint density at radius 2 is 1.93 bits per heavy atom. The summed E-state index contributed by atoms with van der Waals surface area (Å²) in [4.78, 5) is 31.0. The molecule has 152 valence electrons. The van der Waals surface area contributed by atoms with Crippen molar-refractivity contribution in [1.29, 1.82) is 0 Å². The van der Waals surface area contributed by atoms with Crippen molar-refractivity contribution < 1.29 is 27.9 Å². The van der Waals surface area contributed by atoms with Crippen molar-refractivity contribution in [3.05, 3.63) is 53.4 Å². The molecule has 1 amide bonds. The van der Waals surface area contributed by atoms with Gasteiger partial charge in [0, 0.05) is 6.42 Å². The van der Waals surface area contributed by atoms with Gasteiger partial charge < -0.3 is 10.4 Å². The Kier molecular flexibility index (Phi) is 5.30. The number of aromatic nitrogens is 6. The SMILES string of the molecule is Cc1nc(C(=O)N[C@H](Cc2ccccc2)C(=O)O)nn1-c1n[nH]c(C(F)(F)F)n1. The number of hydrogen-bond acceptors (Lipinski definition) is 6. The monoisotopic (exact) mass is 409 g/mol. The van der Waals surface area contributed by atoms with Gasteiger partial charge >= 0.3 is 12.1 Å². The molecule has 0 radical (unpaired) electrons. The average Bonchev–Trinajstić information content (AvgIpc) is 3.28. The third-order valence-electron chi connectivity index (χ3n) is 3.79. The number of amides is 1. The maximum atomic E-state index is 12.7. The summed E-state index contributed by atoms with van der Waals surface area (Å²) < 4.78 is 38.8. The van der Waals surface area contributed by atoms with Gasteiger partial charge in [-0.05, 0) is 12.5 Å².